The fraction of sp³-hybridized carbons (Fsp3) is 0.350. The standard InChI is InChI=1S/C20H23N3O3S/c1-2-21-18(24)14-8-10-15(11-9-14)22-19(25)16-6-3-4-12-23(16)20(26)17-7-5-13-27-17/h5,7-11,13,16H,2-4,6,12H2,1H3,(H,21,24)(H,22,25). The molecule has 1 aliphatic heterocycles. The van der Waals surface area contributed by atoms with E-state index in [-0.39, 0.29) is 17.7 Å². The van der Waals surface area contributed by atoms with Gasteiger partial charge >= 0.3 is 0 Å². The number of piperidine rings is 1. The zero-order valence-corrected chi connectivity index (χ0v) is 16.1. The van der Waals surface area contributed by atoms with Gasteiger partial charge in [0.1, 0.15) is 6.04 Å². The molecule has 1 aromatic heterocycles. The van der Waals surface area contributed by atoms with Crippen molar-refractivity contribution in [3.63, 3.8) is 0 Å². The van der Waals surface area contributed by atoms with Crippen molar-refractivity contribution in [2.75, 3.05) is 18.4 Å². The molecule has 1 unspecified atom stereocenters. The Bertz CT molecular complexity index is 802. The van der Waals surface area contributed by atoms with Crippen molar-refractivity contribution >= 4 is 34.7 Å². The van der Waals surface area contributed by atoms with Crippen LogP contribution in [0.15, 0.2) is 41.8 Å². The van der Waals surface area contributed by atoms with Gasteiger partial charge in [-0.15, -0.1) is 11.3 Å². The number of thiophene rings is 1. The molecule has 1 atom stereocenters. The van der Waals surface area contributed by atoms with Gasteiger partial charge in [-0.25, -0.2) is 0 Å². The van der Waals surface area contributed by atoms with Gasteiger partial charge in [0.25, 0.3) is 11.8 Å². The van der Waals surface area contributed by atoms with Crippen molar-refractivity contribution in [3.05, 3.63) is 52.2 Å². The Morgan fingerprint density at radius 1 is 1.15 bits per heavy atom. The van der Waals surface area contributed by atoms with Crippen molar-refractivity contribution in [1.82, 2.24) is 10.2 Å². The number of likely N-dealkylation sites (tertiary alicyclic amines) is 1. The van der Waals surface area contributed by atoms with E-state index < -0.39 is 6.04 Å². The summed E-state index contributed by atoms with van der Waals surface area (Å²) in [5.74, 6) is -0.419. The molecule has 0 radical (unpaired) electrons. The molecule has 3 amide bonds. The molecule has 0 bridgehead atoms. The smallest absolute Gasteiger partial charge is 0.264 e. The van der Waals surface area contributed by atoms with E-state index in [2.05, 4.69) is 10.6 Å². The molecule has 0 saturated carbocycles. The predicted octanol–water partition coefficient (Wildman–Crippen LogP) is 3.13. The Balaban J connectivity index is 1.68. The van der Waals surface area contributed by atoms with E-state index in [0.29, 0.717) is 35.6 Å². The molecule has 1 fully saturated rings. The van der Waals surface area contributed by atoms with Gasteiger partial charge in [-0.05, 0) is 61.9 Å². The van der Waals surface area contributed by atoms with Crippen molar-refractivity contribution in [1.29, 1.82) is 0 Å². The highest BCUT2D eigenvalue weighted by atomic mass is 32.1. The van der Waals surface area contributed by atoms with Crippen LogP contribution < -0.4 is 10.6 Å². The van der Waals surface area contributed by atoms with Crippen LogP contribution in [0.2, 0.25) is 0 Å². The number of carbonyl (C=O) groups excluding carboxylic acids is 3. The second kappa shape index (κ2) is 8.81. The Kier molecular flexibility index (Phi) is 6.24. The first-order chi connectivity index (χ1) is 13.1. The zero-order chi connectivity index (χ0) is 19.2. The summed E-state index contributed by atoms with van der Waals surface area (Å²) in [6, 6.07) is 9.92. The molecule has 1 aromatic carbocycles. The van der Waals surface area contributed by atoms with Crippen LogP contribution >= 0.6 is 11.3 Å². The van der Waals surface area contributed by atoms with Crippen LogP contribution in [0.4, 0.5) is 5.69 Å². The number of rotatable bonds is 5. The minimum atomic E-state index is -0.476. The van der Waals surface area contributed by atoms with Crippen LogP contribution in [-0.4, -0.2) is 41.8 Å². The second-order valence-corrected chi connectivity index (χ2v) is 7.36. The van der Waals surface area contributed by atoms with Gasteiger partial charge in [0.2, 0.25) is 5.91 Å². The van der Waals surface area contributed by atoms with E-state index in [1.54, 1.807) is 35.2 Å². The van der Waals surface area contributed by atoms with Crippen LogP contribution in [0.25, 0.3) is 0 Å². The number of nitrogens with one attached hydrogen (secondary N) is 2. The third-order valence-corrected chi connectivity index (χ3v) is 5.41. The predicted molar refractivity (Wildman–Crippen MR) is 106 cm³/mol. The van der Waals surface area contributed by atoms with E-state index in [1.165, 1.54) is 11.3 Å². The third-order valence-electron chi connectivity index (χ3n) is 4.55. The molecule has 27 heavy (non-hydrogen) atoms. The van der Waals surface area contributed by atoms with Crippen LogP contribution in [-0.2, 0) is 4.79 Å². The second-order valence-electron chi connectivity index (χ2n) is 6.41. The maximum Gasteiger partial charge on any atom is 0.264 e. The van der Waals surface area contributed by atoms with E-state index in [0.717, 1.165) is 12.8 Å². The van der Waals surface area contributed by atoms with Gasteiger partial charge in [-0.3, -0.25) is 14.4 Å². The van der Waals surface area contributed by atoms with Crippen molar-refractivity contribution in [2.45, 2.75) is 32.2 Å². The number of anilines is 1. The van der Waals surface area contributed by atoms with Gasteiger partial charge in [0.05, 0.1) is 4.88 Å². The normalized spacial score (nSPS) is 16.6. The van der Waals surface area contributed by atoms with E-state index in [4.69, 9.17) is 0 Å². The highest BCUT2D eigenvalue weighted by Crippen LogP contribution is 2.23. The number of amides is 3. The first-order valence-electron chi connectivity index (χ1n) is 9.13. The Morgan fingerprint density at radius 2 is 1.93 bits per heavy atom. The third kappa shape index (κ3) is 4.54. The van der Waals surface area contributed by atoms with Crippen molar-refractivity contribution in [3.8, 4) is 0 Å². The van der Waals surface area contributed by atoms with E-state index >= 15 is 0 Å². The van der Waals surface area contributed by atoms with E-state index in [9.17, 15) is 14.4 Å². The van der Waals surface area contributed by atoms with E-state index in [1.807, 2.05) is 18.4 Å². The van der Waals surface area contributed by atoms with Crippen LogP contribution in [0.1, 0.15) is 46.2 Å². The SMILES string of the molecule is CCNC(=O)c1ccc(NC(=O)C2CCCCN2C(=O)c2cccs2)cc1. The average Bonchev–Trinajstić information content (AvgIpc) is 3.23. The number of hydrogen-bond acceptors (Lipinski definition) is 4. The lowest BCUT2D eigenvalue weighted by Gasteiger charge is -2.34. The van der Waals surface area contributed by atoms with Crippen molar-refractivity contribution < 1.29 is 14.4 Å². The highest BCUT2D eigenvalue weighted by molar-refractivity contribution is 7.12. The number of nitrogens with zero attached hydrogens (tertiary/aromatic N) is 1. The highest BCUT2D eigenvalue weighted by Gasteiger charge is 2.33. The molecular weight excluding hydrogens is 362 g/mol. The lowest BCUT2D eigenvalue weighted by Crippen LogP contribution is -2.49. The molecule has 1 saturated heterocycles. The molecule has 0 spiro atoms. The first-order valence-corrected chi connectivity index (χ1v) is 10.0. The lowest BCUT2D eigenvalue weighted by atomic mass is 10.0. The number of hydrogen-bond donors (Lipinski definition) is 2. The molecule has 6 nitrogen and oxygen atoms in total. The molecular formula is C20H23N3O3S. The fourth-order valence-corrected chi connectivity index (χ4v) is 3.86. The number of carbonyl (C=O) groups is 3. The summed E-state index contributed by atoms with van der Waals surface area (Å²) < 4.78 is 0. The Labute approximate surface area is 162 Å². The van der Waals surface area contributed by atoms with Crippen molar-refractivity contribution in [2.24, 2.45) is 0 Å². The maximum atomic E-state index is 12.8. The molecule has 0 aliphatic carbocycles. The summed E-state index contributed by atoms with van der Waals surface area (Å²) >= 11 is 1.39. The van der Waals surface area contributed by atoms with Gasteiger partial charge in [0.15, 0.2) is 0 Å². The van der Waals surface area contributed by atoms with Crippen LogP contribution in [0.5, 0.6) is 0 Å². The zero-order valence-electron chi connectivity index (χ0n) is 15.2. The average molecular weight is 385 g/mol. The summed E-state index contributed by atoms with van der Waals surface area (Å²) in [4.78, 5) is 39.7. The number of benzene rings is 1. The molecule has 142 valence electrons. The van der Waals surface area contributed by atoms with Gasteiger partial charge in [-0.1, -0.05) is 6.07 Å². The first kappa shape index (κ1) is 19.1. The quantitative estimate of drug-likeness (QED) is 0.830. The molecule has 1 aliphatic rings. The topological polar surface area (TPSA) is 78.5 Å². The van der Waals surface area contributed by atoms with Gasteiger partial charge in [-0.2, -0.15) is 0 Å². The summed E-state index contributed by atoms with van der Waals surface area (Å²) in [6.45, 7) is 3.01. The summed E-state index contributed by atoms with van der Waals surface area (Å²) in [7, 11) is 0. The minimum absolute atomic E-state index is 0.0866. The molecule has 7 heteroatoms. The maximum absolute atomic E-state index is 12.8. The van der Waals surface area contributed by atoms with Crippen LogP contribution in [0, 0.1) is 0 Å². The minimum Gasteiger partial charge on any atom is -0.352 e. The van der Waals surface area contributed by atoms with Crippen LogP contribution in [0.3, 0.4) is 0 Å². The van der Waals surface area contributed by atoms with Gasteiger partial charge in [0, 0.05) is 24.3 Å². The summed E-state index contributed by atoms with van der Waals surface area (Å²) in [6.07, 6.45) is 2.48. The molecule has 3 rings (SSSR count). The molecule has 2 heterocycles. The van der Waals surface area contributed by atoms with Gasteiger partial charge < -0.3 is 15.5 Å². The summed E-state index contributed by atoms with van der Waals surface area (Å²) in [5.41, 5.74) is 1.16. The summed E-state index contributed by atoms with van der Waals surface area (Å²) in [5, 5.41) is 7.48. The largest absolute Gasteiger partial charge is 0.352 e. The molecule has 2 aromatic rings. The fourth-order valence-electron chi connectivity index (χ4n) is 3.18. The molecule has 2 N–H and O–H groups in total. The Hall–Kier alpha value is -2.67. The Morgan fingerprint density at radius 3 is 2.59 bits per heavy atom. The lowest BCUT2D eigenvalue weighted by molar-refractivity contribution is -0.121. The monoisotopic (exact) mass is 385 g/mol.